The number of hydrogen-bond donors (Lipinski definition) is 1. The van der Waals surface area contributed by atoms with E-state index in [0.29, 0.717) is 0 Å². The number of aromatic nitrogens is 1. The van der Waals surface area contributed by atoms with Crippen LogP contribution in [0.15, 0.2) is 24.4 Å². The molecule has 2 saturated heterocycles. The van der Waals surface area contributed by atoms with Crippen molar-refractivity contribution in [1.29, 1.82) is 0 Å². The van der Waals surface area contributed by atoms with Crippen LogP contribution in [0.1, 0.15) is 12.8 Å². The molecule has 1 aromatic heterocycles. The first-order valence-electron chi connectivity index (χ1n) is 7.03. The van der Waals surface area contributed by atoms with Crippen LogP contribution in [0.3, 0.4) is 0 Å². The van der Waals surface area contributed by atoms with Gasteiger partial charge >= 0.3 is 0 Å². The predicted molar refractivity (Wildman–Crippen MR) is 74.1 cm³/mol. The lowest BCUT2D eigenvalue weighted by atomic mass is 10.2. The first-order chi connectivity index (χ1) is 9.34. The van der Waals surface area contributed by atoms with Crippen LogP contribution < -0.4 is 10.2 Å². The second kappa shape index (κ2) is 5.57. The Morgan fingerprint density at radius 2 is 2.11 bits per heavy atom. The minimum atomic E-state index is 0.0569. The highest BCUT2D eigenvalue weighted by Crippen LogP contribution is 2.15. The average Bonchev–Trinajstić information content (AvgIpc) is 3.02. The number of carbonyl (C=O) groups excluding carboxylic acids is 1. The minimum Gasteiger partial charge on any atom is -0.353 e. The number of carbonyl (C=O) groups is 1. The molecular weight excluding hydrogens is 240 g/mol. The zero-order valence-electron chi connectivity index (χ0n) is 11.1. The largest absolute Gasteiger partial charge is 0.353 e. The number of nitrogens with zero attached hydrogens (tertiary/aromatic N) is 3. The number of pyridine rings is 1. The van der Waals surface area contributed by atoms with Gasteiger partial charge in [0.1, 0.15) is 5.82 Å². The van der Waals surface area contributed by atoms with Crippen molar-refractivity contribution in [2.75, 3.05) is 37.6 Å². The van der Waals surface area contributed by atoms with E-state index in [-0.39, 0.29) is 11.9 Å². The van der Waals surface area contributed by atoms with Gasteiger partial charge < -0.3 is 15.1 Å². The van der Waals surface area contributed by atoms with Crippen molar-refractivity contribution in [3.63, 3.8) is 0 Å². The molecule has 1 N–H and O–H groups in total. The smallest absolute Gasteiger partial charge is 0.239 e. The maximum absolute atomic E-state index is 12.3. The summed E-state index contributed by atoms with van der Waals surface area (Å²) in [5.74, 6) is 1.28. The Morgan fingerprint density at radius 3 is 2.74 bits per heavy atom. The van der Waals surface area contributed by atoms with Crippen molar-refractivity contribution in [2.24, 2.45) is 0 Å². The van der Waals surface area contributed by atoms with Crippen molar-refractivity contribution in [3.8, 4) is 0 Å². The van der Waals surface area contributed by atoms with Gasteiger partial charge in [-0.3, -0.25) is 4.79 Å². The second-order valence-corrected chi connectivity index (χ2v) is 5.15. The van der Waals surface area contributed by atoms with Gasteiger partial charge in [-0.1, -0.05) is 6.07 Å². The Balaban J connectivity index is 1.56. The summed E-state index contributed by atoms with van der Waals surface area (Å²) < 4.78 is 0. The number of rotatable bonds is 2. The monoisotopic (exact) mass is 260 g/mol. The Morgan fingerprint density at radius 1 is 1.26 bits per heavy atom. The lowest BCUT2D eigenvalue weighted by Gasteiger charge is -2.36. The van der Waals surface area contributed by atoms with Crippen LogP contribution in [0.5, 0.6) is 0 Å². The van der Waals surface area contributed by atoms with E-state index in [0.717, 1.165) is 51.4 Å². The summed E-state index contributed by atoms with van der Waals surface area (Å²) in [7, 11) is 0. The summed E-state index contributed by atoms with van der Waals surface area (Å²) in [6.45, 7) is 4.32. The molecule has 2 fully saturated rings. The number of anilines is 1. The number of amides is 1. The Labute approximate surface area is 113 Å². The van der Waals surface area contributed by atoms with Gasteiger partial charge in [0.2, 0.25) is 5.91 Å². The summed E-state index contributed by atoms with van der Waals surface area (Å²) >= 11 is 0. The van der Waals surface area contributed by atoms with E-state index in [9.17, 15) is 4.79 Å². The summed E-state index contributed by atoms with van der Waals surface area (Å²) in [5.41, 5.74) is 0. The lowest BCUT2D eigenvalue weighted by molar-refractivity contribution is -0.133. The van der Waals surface area contributed by atoms with E-state index in [1.165, 1.54) is 0 Å². The Bertz CT molecular complexity index is 422. The van der Waals surface area contributed by atoms with Gasteiger partial charge in [-0.05, 0) is 31.5 Å². The standard InChI is InChI=1S/C14H20N4O/c19-14(12-4-3-7-15-12)18-10-8-17(9-11-18)13-5-1-2-6-16-13/h1-2,5-6,12,15H,3-4,7-11H2/t12-/m1/s1. The molecular formula is C14H20N4O. The fraction of sp³-hybridized carbons (Fsp3) is 0.571. The molecule has 0 radical (unpaired) electrons. The van der Waals surface area contributed by atoms with Gasteiger partial charge in [0.15, 0.2) is 0 Å². The van der Waals surface area contributed by atoms with Gasteiger partial charge in [0.25, 0.3) is 0 Å². The molecule has 5 heteroatoms. The molecule has 0 saturated carbocycles. The van der Waals surface area contributed by atoms with Gasteiger partial charge in [0, 0.05) is 32.4 Å². The molecule has 0 bridgehead atoms. The van der Waals surface area contributed by atoms with E-state index in [1.54, 1.807) is 0 Å². The third-order valence-electron chi connectivity index (χ3n) is 3.92. The van der Waals surface area contributed by atoms with Crippen LogP contribution in [-0.2, 0) is 4.79 Å². The first kappa shape index (κ1) is 12.4. The topological polar surface area (TPSA) is 48.5 Å². The summed E-state index contributed by atoms with van der Waals surface area (Å²) in [6.07, 6.45) is 3.92. The molecule has 0 unspecified atom stereocenters. The SMILES string of the molecule is O=C([C@H]1CCCN1)N1CCN(c2ccccn2)CC1. The van der Waals surface area contributed by atoms with Gasteiger partial charge in [-0.25, -0.2) is 4.98 Å². The molecule has 19 heavy (non-hydrogen) atoms. The van der Waals surface area contributed by atoms with Crippen LogP contribution in [0.2, 0.25) is 0 Å². The molecule has 0 aromatic carbocycles. The zero-order chi connectivity index (χ0) is 13.1. The van der Waals surface area contributed by atoms with E-state index < -0.39 is 0 Å². The number of piperazine rings is 1. The summed E-state index contributed by atoms with van der Waals surface area (Å²) in [6, 6.07) is 6.01. The van der Waals surface area contributed by atoms with Crippen molar-refractivity contribution < 1.29 is 4.79 Å². The minimum absolute atomic E-state index is 0.0569. The molecule has 0 aliphatic carbocycles. The fourth-order valence-electron chi connectivity index (χ4n) is 2.81. The van der Waals surface area contributed by atoms with Gasteiger partial charge in [-0.15, -0.1) is 0 Å². The van der Waals surface area contributed by atoms with E-state index in [1.807, 2.05) is 29.3 Å². The molecule has 3 rings (SSSR count). The third-order valence-corrected chi connectivity index (χ3v) is 3.92. The molecule has 3 heterocycles. The molecule has 102 valence electrons. The highest BCUT2D eigenvalue weighted by Gasteiger charge is 2.29. The third kappa shape index (κ3) is 2.71. The summed E-state index contributed by atoms with van der Waals surface area (Å²) in [4.78, 5) is 20.9. The van der Waals surface area contributed by atoms with Crippen LogP contribution >= 0.6 is 0 Å². The van der Waals surface area contributed by atoms with Gasteiger partial charge in [-0.2, -0.15) is 0 Å². The molecule has 2 aliphatic heterocycles. The van der Waals surface area contributed by atoms with Crippen LogP contribution in [0.4, 0.5) is 5.82 Å². The van der Waals surface area contributed by atoms with Crippen molar-refractivity contribution in [1.82, 2.24) is 15.2 Å². The van der Waals surface area contributed by atoms with Crippen LogP contribution in [0.25, 0.3) is 0 Å². The summed E-state index contributed by atoms with van der Waals surface area (Å²) in [5, 5.41) is 3.28. The fourth-order valence-corrected chi connectivity index (χ4v) is 2.81. The second-order valence-electron chi connectivity index (χ2n) is 5.15. The van der Waals surface area contributed by atoms with Crippen molar-refractivity contribution in [3.05, 3.63) is 24.4 Å². The average molecular weight is 260 g/mol. The normalized spacial score (nSPS) is 23.7. The predicted octanol–water partition coefficient (Wildman–Crippen LogP) is 0.482. The Kier molecular flexibility index (Phi) is 3.64. The van der Waals surface area contributed by atoms with E-state index in [2.05, 4.69) is 15.2 Å². The molecule has 1 atom stereocenters. The molecule has 5 nitrogen and oxygen atoms in total. The molecule has 0 spiro atoms. The van der Waals surface area contributed by atoms with Gasteiger partial charge in [0.05, 0.1) is 6.04 Å². The highest BCUT2D eigenvalue weighted by molar-refractivity contribution is 5.82. The first-order valence-corrected chi connectivity index (χ1v) is 7.03. The maximum atomic E-state index is 12.3. The quantitative estimate of drug-likeness (QED) is 0.840. The van der Waals surface area contributed by atoms with Crippen LogP contribution in [0, 0.1) is 0 Å². The number of nitrogens with one attached hydrogen (secondary N) is 1. The highest BCUT2D eigenvalue weighted by atomic mass is 16.2. The van der Waals surface area contributed by atoms with Crippen LogP contribution in [-0.4, -0.2) is 54.6 Å². The van der Waals surface area contributed by atoms with E-state index >= 15 is 0 Å². The zero-order valence-corrected chi connectivity index (χ0v) is 11.1. The van der Waals surface area contributed by atoms with Crippen molar-refractivity contribution in [2.45, 2.75) is 18.9 Å². The maximum Gasteiger partial charge on any atom is 0.239 e. The number of hydrogen-bond acceptors (Lipinski definition) is 4. The molecule has 1 aromatic rings. The Hall–Kier alpha value is -1.62. The molecule has 1 amide bonds. The lowest BCUT2D eigenvalue weighted by Crippen LogP contribution is -2.53. The van der Waals surface area contributed by atoms with Crippen molar-refractivity contribution >= 4 is 11.7 Å². The van der Waals surface area contributed by atoms with E-state index in [4.69, 9.17) is 0 Å². The molecule has 2 aliphatic rings.